The second-order valence-corrected chi connectivity index (χ2v) is 2.40. The molecule has 12 heavy (non-hydrogen) atoms. The first-order valence-corrected chi connectivity index (χ1v) is 4.21. The largest absolute Gasteiger partial charge is 0.504 e. The quantitative estimate of drug-likeness (QED) is 0.606. The summed E-state index contributed by atoms with van der Waals surface area (Å²) in [7, 11) is 0. The maximum Gasteiger partial charge on any atom is 0.225 e. The molecule has 0 aliphatic carbocycles. The first-order valence-electron chi connectivity index (χ1n) is 4.21. The van der Waals surface area contributed by atoms with Crippen molar-refractivity contribution in [2.45, 2.75) is 39.9 Å². The number of carbonyl (C=O) groups excluding carboxylic acids is 1. The summed E-state index contributed by atoms with van der Waals surface area (Å²) < 4.78 is 5.08. The van der Waals surface area contributed by atoms with Gasteiger partial charge in [0.25, 0.3) is 0 Å². The van der Waals surface area contributed by atoms with Crippen molar-refractivity contribution >= 4 is 5.78 Å². The molecule has 0 aromatic heterocycles. The minimum atomic E-state index is -0.500. The normalized spacial score (nSPS) is 28.7. The molecule has 0 saturated carbocycles. The SMILES string of the molecule is CC.CC1C=C(O)C(=O)C(C)O1. The van der Waals surface area contributed by atoms with Gasteiger partial charge < -0.3 is 9.84 Å². The van der Waals surface area contributed by atoms with Crippen molar-refractivity contribution in [1.29, 1.82) is 0 Å². The zero-order chi connectivity index (χ0) is 9.72. The van der Waals surface area contributed by atoms with Crippen molar-refractivity contribution in [3.8, 4) is 0 Å². The van der Waals surface area contributed by atoms with Crippen LogP contribution in [0.1, 0.15) is 27.7 Å². The predicted molar refractivity (Wildman–Crippen MR) is 47.1 cm³/mol. The van der Waals surface area contributed by atoms with Gasteiger partial charge in [0, 0.05) is 0 Å². The predicted octanol–water partition coefficient (Wildman–Crippen LogP) is 1.83. The third-order valence-electron chi connectivity index (χ3n) is 1.43. The van der Waals surface area contributed by atoms with E-state index in [4.69, 9.17) is 9.84 Å². The Labute approximate surface area is 73.0 Å². The number of hydrogen-bond acceptors (Lipinski definition) is 3. The van der Waals surface area contributed by atoms with E-state index in [9.17, 15) is 4.79 Å². The van der Waals surface area contributed by atoms with Gasteiger partial charge in [-0.15, -0.1) is 0 Å². The second kappa shape index (κ2) is 4.93. The van der Waals surface area contributed by atoms with Crippen molar-refractivity contribution < 1.29 is 14.6 Å². The third kappa shape index (κ3) is 2.66. The van der Waals surface area contributed by atoms with Crippen molar-refractivity contribution in [1.82, 2.24) is 0 Å². The summed E-state index contributed by atoms with van der Waals surface area (Å²) in [5.41, 5.74) is 0. The van der Waals surface area contributed by atoms with Crippen molar-refractivity contribution in [2.24, 2.45) is 0 Å². The lowest BCUT2D eigenvalue weighted by Crippen LogP contribution is -2.31. The van der Waals surface area contributed by atoms with Crippen LogP contribution in [0.5, 0.6) is 0 Å². The third-order valence-corrected chi connectivity index (χ3v) is 1.43. The van der Waals surface area contributed by atoms with Crippen LogP contribution in [0, 0.1) is 0 Å². The molecule has 0 aromatic carbocycles. The lowest BCUT2D eigenvalue weighted by Gasteiger charge is -2.20. The average Bonchev–Trinajstić information content (AvgIpc) is 2.04. The molecule has 70 valence electrons. The topological polar surface area (TPSA) is 46.5 Å². The molecular weight excluding hydrogens is 156 g/mol. The molecule has 0 amide bonds. The van der Waals surface area contributed by atoms with Gasteiger partial charge in [0.15, 0.2) is 5.76 Å². The number of aliphatic hydroxyl groups is 1. The summed E-state index contributed by atoms with van der Waals surface area (Å²) in [6.45, 7) is 7.40. The molecule has 2 unspecified atom stereocenters. The van der Waals surface area contributed by atoms with Gasteiger partial charge in [-0.05, 0) is 19.9 Å². The van der Waals surface area contributed by atoms with Crippen LogP contribution in [0.15, 0.2) is 11.8 Å². The molecule has 1 N–H and O–H groups in total. The minimum Gasteiger partial charge on any atom is -0.504 e. The molecule has 1 aliphatic rings. The summed E-state index contributed by atoms with van der Waals surface area (Å²) in [6, 6.07) is 0. The van der Waals surface area contributed by atoms with Gasteiger partial charge in [-0.25, -0.2) is 0 Å². The Morgan fingerprint density at radius 1 is 1.42 bits per heavy atom. The first-order chi connectivity index (χ1) is 5.61. The standard InChI is InChI=1S/C7H10O3.C2H6/c1-4-3-6(8)7(9)5(2)10-4;1-2/h3-5,8H,1-2H3;1-2H3. The lowest BCUT2D eigenvalue weighted by molar-refractivity contribution is -0.132. The minimum absolute atomic E-state index is 0.160. The van der Waals surface area contributed by atoms with Crippen LogP contribution in [0.4, 0.5) is 0 Å². The van der Waals surface area contributed by atoms with Crippen LogP contribution in [0.3, 0.4) is 0 Å². The zero-order valence-electron chi connectivity index (χ0n) is 8.00. The number of ether oxygens (including phenoxy) is 1. The van der Waals surface area contributed by atoms with E-state index in [1.54, 1.807) is 13.8 Å². The summed E-state index contributed by atoms with van der Waals surface area (Å²) >= 11 is 0. The number of aliphatic hydroxyl groups excluding tert-OH is 1. The number of ketones is 1. The van der Waals surface area contributed by atoms with E-state index < -0.39 is 6.10 Å². The summed E-state index contributed by atoms with van der Waals surface area (Å²) in [6.07, 6.45) is 0.746. The molecule has 0 saturated heterocycles. The molecule has 1 heterocycles. The Morgan fingerprint density at radius 2 is 1.92 bits per heavy atom. The molecule has 0 radical (unpaired) electrons. The van der Waals surface area contributed by atoms with Crippen LogP contribution in [0.2, 0.25) is 0 Å². The van der Waals surface area contributed by atoms with Crippen molar-refractivity contribution in [2.75, 3.05) is 0 Å². The Hall–Kier alpha value is -0.830. The zero-order valence-corrected chi connectivity index (χ0v) is 8.00. The monoisotopic (exact) mass is 172 g/mol. The van der Waals surface area contributed by atoms with E-state index in [1.165, 1.54) is 6.08 Å². The van der Waals surface area contributed by atoms with Crippen LogP contribution in [-0.2, 0) is 9.53 Å². The van der Waals surface area contributed by atoms with E-state index in [1.807, 2.05) is 13.8 Å². The molecular formula is C9H16O3. The Bertz CT molecular complexity index is 184. The van der Waals surface area contributed by atoms with Crippen molar-refractivity contribution in [3.63, 3.8) is 0 Å². The summed E-state index contributed by atoms with van der Waals surface area (Å²) in [5.74, 6) is -0.510. The van der Waals surface area contributed by atoms with Crippen LogP contribution >= 0.6 is 0 Å². The molecule has 3 heteroatoms. The molecule has 0 bridgehead atoms. The fourth-order valence-corrected chi connectivity index (χ4v) is 0.936. The Kier molecular flexibility index (Phi) is 4.59. The van der Waals surface area contributed by atoms with E-state index in [0.29, 0.717) is 0 Å². The van der Waals surface area contributed by atoms with E-state index in [-0.39, 0.29) is 17.6 Å². The maximum atomic E-state index is 10.8. The Balaban J connectivity index is 0.000000561. The fourth-order valence-electron chi connectivity index (χ4n) is 0.936. The number of rotatable bonds is 0. The highest BCUT2D eigenvalue weighted by atomic mass is 16.5. The van der Waals surface area contributed by atoms with Gasteiger partial charge in [-0.3, -0.25) is 4.79 Å². The van der Waals surface area contributed by atoms with Crippen molar-refractivity contribution in [3.05, 3.63) is 11.8 Å². The van der Waals surface area contributed by atoms with E-state index in [0.717, 1.165) is 0 Å². The first kappa shape index (κ1) is 11.2. The lowest BCUT2D eigenvalue weighted by atomic mass is 10.1. The molecule has 2 atom stereocenters. The number of hydrogen-bond donors (Lipinski definition) is 1. The Morgan fingerprint density at radius 3 is 2.33 bits per heavy atom. The molecule has 0 aromatic rings. The smallest absolute Gasteiger partial charge is 0.225 e. The van der Waals surface area contributed by atoms with Gasteiger partial charge in [0.2, 0.25) is 5.78 Å². The van der Waals surface area contributed by atoms with E-state index in [2.05, 4.69) is 0 Å². The maximum absolute atomic E-state index is 10.8. The number of Topliss-reactive ketones (excluding diaryl/α,β-unsaturated/α-hetero) is 1. The second-order valence-electron chi connectivity index (χ2n) is 2.40. The highest BCUT2D eigenvalue weighted by molar-refractivity contribution is 5.97. The summed E-state index contributed by atoms with van der Waals surface area (Å²) in [5, 5.41) is 8.95. The average molecular weight is 172 g/mol. The van der Waals surface area contributed by atoms with Gasteiger partial charge in [0.05, 0.1) is 6.10 Å². The fraction of sp³-hybridized carbons (Fsp3) is 0.667. The van der Waals surface area contributed by atoms with Crippen LogP contribution in [-0.4, -0.2) is 23.1 Å². The van der Waals surface area contributed by atoms with Gasteiger partial charge >= 0.3 is 0 Å². The highest BCUT2D eigenvalue weighted by Crippen LogP contribution is 2.12. The molecule has 1 rings (SSSR count). The van der Waals surface area contributed by atoms with Gasteiger partial charge in [-0.1, -0.05) is 13.8 Å². The number of carbonyl (C=O) groups is 1. The summed E-state index contributed by atoms with van der Waals surface area (Å²) in [4.78, 5) is 10.8. The van der Waals surface area contributed by atoms with E-state index >= 15 is 0 Å². The van der Waals surface area contributed by atoms with Gasteiger partial charge in [0.1, 0.15) is 6.10 Å². The molecule has 3 nitrogen and oxygen atoms in total. The molecule has 1 aliphatic heterocycles. The molecule has 0 fully saturated rings. The molecule has 0 spiro atoms. The van der Waals surface area contributed by atoms with Crippen LogP contribution in [0.25, 0.3) is 0 Å². The van der Waals surface area contributed by atoms with Gasteiger partial charge in [-0.2, -0.15) is 0 Å². The highest BCUT2D eigenvalue weighted by Gasteiger charge is 2.24. The van der Waals surface area contributed by atoms with Crippen LogP contribution < -0.4 is 0 Å².